The monoisotopic (exact) mass is 314 g/mol. The Morgan fingerprint density at radius 1 is 1.40 bits per heavy atom. The van der Waals surface area contributed by atoms with Crippen molar-refractivity contribution in [3.05, 3.63) is 28.8 Å². The normalized spacial score (nSPS) is 17.9. The van der Waals surface area contributed by atoms with Crippen LogP contribution in [-0.2, 0) is 10.0 Å². The zero-order chi connectivity index (χ0) is 14.8. The summed E-state index contributed by atoms with van der Waals surface area (Å²) in [7, 11) is -3.87. The second-order valence-corrected chi connectivity index (χ2v) is 7.12. The summed E-state index contributed by atoms with van der Waals surface area (Å²) in [4.78, 5) is -0.158. The lowest BCUT2D eigenvalue weighted by atomic mass is 10.0. The molecule has 0 aliphatic heterocycles. The fourth-order valence-electron chi connectivity index (χ4n) is 2.35. The van der Waals surface area contributed by atoms with Gasteiger partial charge in [-0.1, -0.05) is 30.5 Å². The molecule has 0 unspecified atom stereocenters. The quantitative estimate of drug-likeness (QED) is 0.886. The van der Waals surface area contributed by atoms with Gasteiger partial charge in [-0.15, -0.1) is 0 Å². The lowest BCUT2D eigenvalue weighted by Gasteiger charge is -2.22. The van der Waals surface area contributed by atoms with Crippen LogP contribution in [-0.4, -0.2) is 25.7 Å². The summed E-state index contributed by atoms with van der Waals surface area (Å²) in [5.74, 6) is 0. The molecule has 0 amide bonds. The molecule has 0 saturated heterocycles. The van der Waals surface area contributed by atoms with Gasteiger partial charge in [-0.3, -0.25) is 0 Å². The van der Waals surface area contributed by atoms with Gasteiger partial charge in [0.15, 0.2) is 0 Å². The van der Waals surface area contributed by atoms with Crippen LogP contribution in [0.5, 0.6) is 0 Å². The Morgan fingerprint density at radius 3 is 2.65 bits per heavy atom. The molecule has 5 nitrogen and oxygen atoms in total. The summed E-state index contributed by atoms with van der Waals surface area (Å²) in [6.45, 7) is -0.0489. The second kappa shape index (κ2) is 5.70. The average Bonchev–Trinajstić information content (AvgIpc) is 2.84. The molecule has 0 atom stereocenters. The topological polar surface area (TPSA) is 90.2 Å². The van der Waals surface area contributed by atoms with Gasteiger partial charge in [0.2, 0.25) is 10.0 Å². The lowest BCUT2D eigenvalue weighted by molar-refractivity contribution is 0.0532. The van der Waals surface area contributed by atoms with Crippen molar-refractivity contribution in [1.29, 1.82) is 5.26 Å². The highest BCUT2D eigenvalue weighted by Gasteiger charge is 2.33. The number of hydrogen-bond acceptors (Lipinski definition) is 4. The first kappa shape index (κ1) is 15.3. The Kier molecular flexibility index (Phi) is 4.35. The first-order valence-electron chi connectivity index (χ1n) is 6.29. The van der Waals surface area contributed by atoms with E-state index in [2.05, 4.69) is 4.72 Å². The minimum absolute atomic E-state index is 0.0489. The molecule has 1 aromatic carbocycles. The molecule has 0 aromatic heterocycles. The number of benzene rings is 1. The van der Waals surface area contributed by atoms with Gasteiger partial charge in [0.05, 0.1) is 16.2 Å². The highest BCUT2D eigenvalue weighted by molar-refractivity contribution is 7.89. The molecule has 108 valence electrons. The van der Waals surface area contributed by atoms with E-state index in [4.69, 9.17) is 16.9 Å². The molecule has 20 heavy (non-hydrogen) atoms. The molecule has 1 aromatic rings. The van der Waals surface area contributed by atoms with Crippen LogP contribution in [0.25, 0.3) is 0 Å². The van der Waals surface area contributed by atoms with Crippen LogP contribution in [0.3, 0.4) is 0 Å². The fraction of sp³-hybridized carbons (Fsp3) is 0.462. The van der Waals surface area contributed by atoms with Crippen molar-refractivity contribution in [2.24, 2.45) is 0 Å². The van der Waals surface area contributed by atoms with Gasteiger partial charge < -0.3 is 5.11 Å². The molecular weight excluding hydrogens is 300 g/mol. The number of aliphatic hydroxyl groups is 1. The molecule has 0 heterocycles. The van der Waals surface area contributed by atoms with Crippen LogP contribution in [0.15, 0.2) is 23.1 Å². The minimum atomic E-state index is -3.87. The number of sulfonamides is 1. The molecule has 0 bridgehead atoms. The summed E-state index contributed by atoms with van der Waals surface area (Å²) >= 11 is 5.83. The Bertz CT molecular complexity index is 646. The third-order valence-electron chi connectivity index (χ3n) is 3.50. The molecule has 1 saturated carbocycles. The number of nitriles is 1. The molecule has 1 aliphatic rings. The maximum absolute atomic E-state index is 12.2. The third kappa shape index (κ3) is 3.13. The predicted molar refractivity (Wildman–Crippen MR) is 74.8 cm³/mol. The fourth-order valence-corrected chi connectivity index (χ4v) is 3.92. The standard InChI is InChI=1S/C13H15ClN2O3S/c14-11-4-3-5-12(10(11)8-15)20(18,19)16-9-13(17)6-1-2-7-13/h3-5,16-17H,1-2,6-7,9H2. The van der Waals surface area contributed by atoms with E-state index in [9.17, 15) is 13.5 Å². The molecule has 2 N–H and O–H groups in total. The van der Waals surface area contributed by atoms with Gasteiger partial charge in [0.1, 0.15) is 11.0 Å². The van der Waals surface area contributed by atoms with Crippen LogP contribution in [0, 0.1) is 11.3 Å². The van der Waals surface area contributed by atoms with E-state index >= 15 is 0 Å². The van der Waals surface area contributed by atoms with Gasteiger partial charge in [-0.25, -0.2) is 13.1 Å². The van der Waals surface area contributed by atoms with Gasteiger partial charge in [0.25, 0.3) is 0 Å². The third-order valence-corrected chi connectivity index (χ3v) is 5.26. The van der Waals surface area contributed by atoms with Crippen molar-refractivity contribution < 1.29 is 13.5 Å². The van der Waals surface area contributed by atoms with E-state index in [-0.39, 0.29) is 22.0 Å². The molecule has 1 aliphatic carbocycles. The zero-order valence-electron chi connectivity index (χ0n) is 10.8. The number of nitrogens with one attached hydrogen (secondary N) is 1. The summed E-state index contributed by atoms with van der Waals surface area (Å²) in [6.07, 6.45) is 2.93. The first-order chi connectivity index (χ1) is 9.38. The van der Waals surface area contributed by atoms with E-state index in [1.165, 1.54) is 18.2 Å². The maximum Gasteiger partial charge on any atom is 0.242 e. The first-order valence-corrected chi connectivity index (χ1v) is 8.15. The van der Waals surface area contributed by atoms with E-state index in [0.717, 1.165) is 12.8 Å². The van der Waals surface area contributed by atoms with E-state index in [1.54, 1.807) is 6.07 Å². The van der Waals surface area contributed by atoms with E-state index < -0.39 is 15.6 Å². The molecule has 2 rings (SSSR count). The van der Waals surface area contributed by atoms with Crippen LogP contribution in [0.4, 0.5) is 0 Å². The van der Waals surface area contributed by atoms with Crippen LogP contribution < -0.4 is 4.72 Å². The van der Waals surface area contributed by atoms with Crippen molar-refractivity contribution in [1.82, 2.24) is 4.72 Å². The van der Waals surface area contributed by atoms with Crippen molar-refractivity contribution in [2.75, 3.05) is 6.54 Å². The maximum atomic E-state index is 12.2. The smallest absolute Gasteiger partial charge is 0.242 e. The summed E-state index contributed by atoms with van der Waals surface area (Å²) in [6, 6.07) is 6.05. The predicted octanol–water partition coefficient (Wildman–Crippen LogP) is 1.80. The summed E-state index contributed by atoms with van der Waals surface area (Å²) < 4.78 is 26.8. The summed E-state index contributed by atoms with van der Waals surface area (Å²) in [5, 5.41) is 19.3. The molecule has 7 heteroatoms. The number of nitrogens with zero attached hydrogens (tertiary/aromatic N) is 1. The molecule has 1 fully saturated rings. The van der Waals surface area contributed by atoms with Crippen LogP contribution >= 0.6 is 11.6 Å². The Morgan fingerprint density at radius 2 is 2.05 bits per heavy atom. The van der Waals surface area contributed by atoms with Gasteiger partial charge in [-0.2, -0.15) is 5.26 Å². The van der Waals surface area contributed by atoms with E-state index in [1.807, 2.05) is 0 Å². The van der Waals surface area contributed by atoms with Crippen molar-refractivity contribution in [3.63, 3.8) is 0 Å². The highest BCUT2D eigenvalue weighted by atomic mass is 35.5. The van der Waals surface area contributed by atoms with E-state index in [0.29, 0.717) is 12.8 Å². The number of rotatable bonds is 4. The SMILES string of the molecule is N#Cc1c(Cl)cccc1S(=O)(=O)NCC1(O)CCCC1. The van der Waals surface area contributed by atoms with Crippen molar-refractivity contribution in [3.8, 4) is 6.07 Å². The molecule has 0 radical (unpaired) electrons. The van der Waals surface area contributed by atoms with Crippen LogP contribution in [0.2, 0.25) is 5.02 Å². The zero-order valence-corrected chi connectivity index (χ0v) is 12.3. The minimum Gasteiger partial charge on any atom is -0.389 e. The van der Waals surface area contributed by atoms with Crippen molar-refractivity contribution in [2.45, 2.75) is 36.2 Å². The Balaban J connectivity index is 2.23. The lowest BCUT2D eigenvalue weighted by Crippen LogP contribution is -2.40. The Labute approximate surface area is 123 Å². The largest absolute Gasteiger partial charge is 0.389 e. The molecule has 0 spiro atoms. The molecular formula is C13H15ClN2O3S. The van der Waals surface area contributed by atoms with Gasteiger partial charge >= 0.3 is 0 Å². The second-order valence-electron chi connectivity index (χ2n) is 4.98. The number of halogens is 1. The summed E-state index contributed by atoms with van der Waals surface area (Å²) in [5.41, 5.74) is -1.07. The number of hydrogen-bond donors (Lipinski definition) is 2. The highest BCUT2D eigenvalue weighted by Crippen LogP contribution is 2.29. The van der Waals surface area contributed by atoms with Crippen LogP contribution in [0.1, 0.15) is 31.2 Å². The van der Waals surface area contributed by atoms with Gasteiger partial charge in [0, 0.05) is 6.54 Å². The average molecular weight is 315 g/mol. The van der Waals surface area contributed by atoms with Gasteiger partial charge in [-0.05, 0) is 25.0 Å². The van der Waals surface area contributed by atoms with Crippen molar-refractivity contribution >= 4 is 21.6 Å². The Hall–Kier alpha value is -1.13.